The number of ether oxygens (including phenoxy) is 1. The predicted molar refractivity (Wildman–Crippen MR) is 140 cm³/mol. The normalized spacial score (nSPS) is 11.8. The van der Waals surface area contributed by atoms with Crippen LogP contribution in [-0.4, -0.2) is 57.0 Å². The van der Waals surface area contributed by atoms with Gasteiger partial charge in [0.05, 0.1) is 19.3 Å². The molecule has 1 amide bonds. The summed E-state index contributed by atoms with van der Waals surface area (Å²) in [7, 11) is 1.59. The second kappa shape index (κ2) is 11.8. The minimum absolute atomic E-state index is 0.0475. The second-order valence-electron chi connectivity index (χ2n) is 9.03. The molecule has 1 heterocycles. The fourth-order valence-electron chi connectivity index (χ4n) is 4.07. The van der Waals surface area contributed by atoms with Gasteiger partial charge in [-0.15, -0.1) is 4.74 Å². The summed E-state index contributed by atoms with van der Waals surface area (Å²) in [4.78, 5) is 38.8. The number of hydrogen-bond acceptors (Lipinski definition) is 7. The van der Waals surface area contributed by atoms with Gasteiger partial charge in [-0.25, -0.2) is 14.6 Å². The molecular weight excluding hydrogens is 490 g/mol. The highest BCUT2D eigenvalue weighted by molar-refractivity contribution is 5.95. The first-order chi connectivity index (χ1) is 18.2. The molecule has 38 heavy (non-hydrogen) atoms. The number of likely N-dealkylation sites (N-methyl/N-ethyl adjacent to an activating group) is 1. The Morgan fingerprint density at radius 2 is 1.84 bits per heavy atom. The van der Waals surface area contributed by atoms with Crippen molar-refractivity contribution in [3.05, 3.63) is 110 Å². The number of H-pyrrole nitrogens is 1. The quantitative estimate of drug-likeness (QED) is 0.292. The van der Waals surface area contributed by atoms with Crippen LogP contribution in [0, 0.1) is 6.92 Å². The highest BCUT2D eigenvalue weighted by Crippen LogP contribution is 2.26. The minimum Gasteiger partial charge on any atom is -0.489 e. The Labute approximate surface area is 218 Å². The average molecular weight is 520 g/mol. The summed E-state index contributed by atoms with van der Waals surface area (Å²) in [6.45, 7) is 2.05. The lowest BCUT2D eigenvalue weighted by molar-refractivity contribution is 0.0520. The van der Waals surface area contributed by atoms with Crippen LogP contribution in [0.3, 0.4) is 0 Å². The molecule has 0 saturated carbocycles. The van der Waals surface area contributed by atoms with Gasteiger partial charge in [0.25, 0.3) is 5.91 Å². The fraction of sp³-hybridized carbons (Fsp3) is 0.250. The van der Waals surface area contributed by atoms with Crippen LogP contribution in [0.2, 0.25) is 0 Å². The standard InChI is InChI=1S/C28H29N3O7/c1-18-12-22(26(34)30(2)15-23(33)16-32)8-11-25(18)21-5-3-4-20(13-21)17-37-24-9-6-19(7-10-24)14-31-27(35)29-28(36)38-31/h3-13,23,32-33H,14-17H2,1-2H3,(H,29,35,36). The summed E-state index contributed by atoms with van der Waals surface area (Å²) in [6.07, 6.45) is -0.980. The van der Waals surface area contributed by atoms with Crippen molar-refractivity contribution in [3.8, 4) is 16.9 Å². The molecule has 1 atom stereocenters. The van der Waals surface area contributed by atoms with Crippen LogP contribution in [0.1, 0.15) is 27.0 Å². The van der Waals surface area contributed by atoms with E-state index >= 15 is 0 Å². The van der Waals surface area contributed by atoms with Gasteiger partial charge in [0.15, 0.2) is 0 Å². The highest BCUT2D eigenvalue weighted by Gasteiger charge is 2.16. The van der Waals surface area contributed by atoms with E-state index in [0.29, 0.717) is 17.9 Å². The predicted octanol–water partition coefficient (Wildman–Crippen LogP) is 2.16. The number of aromatic nitrogens is 2. The van der Waals surface area contributed by atoms with Crippen LogP contribution < -0.4 is 16.2 Å². The first kappa shape index (κ1) is 26.6. The van der Waals surface area contributed by atoms with Crippen LogP contribution in [-0.2, 0) is 13.2 Å². The van der Waals surface area contributed by atoms with Crippen molar-refractivity contribution >= 4 is 5.91 Å². The molecule has 1 aromatic heterocycles. The molecule has 1 unspecified atom stereocenters. The molecule has 0 radical (unpaired) electrons. The third-order valence-electron chi connectivity index (χ3n) is 6.04. The fourth-order valence-corrected chi connectivity index (χ4v) is 4.07. The van der Waals surface area contributed by atoms with Crippen LogP contribution >= 0.6 is 0 Å². The van der Waals surface area contributed by atoms with Gasteiger partial charge in [0, 0.05) is 19.2 Å². The molecule has 0 saturated heterocycles. The third-order valence-corrected chi connectivity index (χ3v) is 6.04. The molecule has 0 aliphatic carbocycles. The van der Waals surface area contributed by atoms with E-state index < -0.39 is 24.2 Å². The van der Waals surface area contributed by atoms with E-state index in [1.54, 1.807) is 37.4 Å². The smallest absolute Gasteiger partial charge is 0.440 e. The summed E-state index contributed by atoms with van der Waals surface area (Å²) in [5.41, 5.74) is 4.54. The van der Waals surface area contributed by atoms with E-state index in [2.05, 4.69) is 0 Å². The molecule has 0 bridgehead atoms. The van der Waals surface area contributed by atoms with Crippen molar-refractivity contribution in [1.82, 2.24) is 14.6 Å². The summed E-state index contributed by atoms with van der Waals surface area (Å²) < 4.78 is 11.7. The molecule has 10 nitrogen and oxygen atoms in total. The third kappa shape index (κ3) is 6.47. The van der Waals surface area contributed by atoms with Gasteiger partial charge in [0.2, 0.25) is 0 Å². The van der Waals surface area contributed by atoms with Gasteiger partial charge in [-0.3, -0.25) is 4.79 Å². The number of aliphatic hydroxyl groups is 2. The number of aromatic amines is 1. The van der Waals surface area contributed by atoms with Gasteiger partial charge >= 0.3 is 11.4 Å². The van der Waals surface area contributed by atoms with Crippen molar-refractivity contribution in [1.29, 1.82) is 0 Å². The Morgan fingerprint density at radius 3 is 2.50 bits per heavy atom. The molecule has 0 aliphatic rings. The number of nitrogens with one attached hydrogen (secondary N) is 1. The second-order valence-corrected chi connectivity index (χ2v) is 9.03. The molecule has 0 spiro atoms. The maximum atomic E-state index is 12.7. The van der Waals surface area contributed by atoms with E-state index in [-0.39, 0.29) is 19.0 Å². The zero-order valence-electron chi connectivity index (χ0n) is 21.1. The number of hydrogen-bond donors (Lipinski definition) is 3. The summed E-state index contributed by atoms with van der Waals surface area (Å²) in [6, 6.07) is 20.6. The Morgan fingerprint density at radius 1 is 1.08 bits per heavy atom. The van der Waals surface area contributed by atoms with Crippen LogP contribution in [0.25, 0.3) is 11.1 Å². The Hall–Kier alpha value is -4.41. The van der Waals surface area contributed by atoms with E-state index in [1.807, 2.05) is 48.3 Å². The van der Waals surface area contributed by atoms with Crippen molar-refractivity contribution in [2.75, 3.05) is 20.2 Å². The topological polar surface area (TPSA) is 138 Å². The van der Waals surface area contributed by atoms with Crippen molar-refractivity contribution in [3.63, 3.8) is 0 Å². The number of carbonyl (C=O) groups excluding carboxylic acids is 1. The summed E-state index contributed by atoms with van der Waals surface area (Å²) >= 11 is 0. The molecule has 4 rings (SSSR count). The number of benzene rings is 3. The molecule has 0 fully saturated rings. The average Bonchev–Trinajstić information content (AvgIpc) is 3.23. The molecule has 198 valence electrons. The number of aliphatic hydroxyl groups excluding tert-OH is 2. The molecule has 4 aromatic rings. The van der Waals surface area contributed by atoms with Gasteiger partial charge in [0.1, 0.15) is 12.4 Å². The Kier molecular flexibility index (Phi) is 8.25. The lowest BCUT2D eigenvalue weighted by atomic mass is 9.97. The first-order valence-electron chi connectivity index (χ1n) is 12.0. The van der Waals surface area contributed by atoms with Gasteiger partial charge in [-0.1, -0.05) is 36.4 Å². The van der Waals surface area contributed by atoms with E-state index in [1.165, 1.54) is 4.90 Å². The number of nitrogens with zero attached hydrogens (tertiary/aromatic N) is 2. The van der Waals surface area contributed by atoms with E-state index in [9.17, 15) is 19.5 Å². The van der Waals surface area contributed by atoms with Crippen molar-refractivity contribution < 1.29 is 24.3 Å². The zero-order chi connectivity index (χ0) is 27.2. The van der Waals surface area contributed by atoms with Crippen LogP contribution in [0.4, 0.5) is 0 Å². The lowest BCUT2D eigenvalue weighted by Gasteiger charge is -2.20. The summed E-state index contributed by atoms with van der Waals surface area (Å²) in [5, 5.41) is 18.6. The SMILES string of the molecule is Cc1cc(C(=O)N(C)CC(O)CO)ccc1-c1cccc(COc2ccc(Cn3oc(=O)[nH]c3=O)cc2)c1. The van der Waals surface area contributed by atoms with E-state index in [0.717, 1.165) is 32.6 Å². The van der Waals surface area contributed by atoms with E-state index in [4.69, 9.17) is 14.4 Å². The molecule has 0 aliphatic heterocycles. The largest absolute Gasteiger partial charge is 0.489 e. The van der Waals surface area contributed by atoms with Gasteiger partial charge < -0.3 is 24.4 Å². The Bertz CT molecular complexity index is 1520. The summed E-state index contributed by atoms with van der Waals surface area (Å²) in [5.74, 6) is -0.374. The lowest BCUT2D eigenvalue weighted by Crippen LogP contribution is -2.35. The van der Waals surface area contributed by atoms with Gasteiger partial charge in [-0.2, -0.15) is 0 Å². The number of aryl methyl sites for hydroxylation is 1. The monoisotopic (exact) mass is 519 g/mol. The van der Waals surface area contributed by atoms with Crippen molar-refractivity contribution in [2.24, 2.45) is 0 Å². The van der Waals surface area contributed by atoms with Crippen LogP contribution in [0.5, 0.6) is 5.75 Å². The Balaban J connectivity index is 1.40. The van der Waals surface area contributed by atoms with Gasteiger partial charge in [-0.05, 0) is 65.1 Å². The van der Waals surface area contributed by atoms with Crippen molar-refractivity contribution in [2.45, 2.75) is 26.2 Å². The number of carbonyl (C=O) groups is 1. The maximum absolute atomic E-state index is 12.7. The zero-order valence-corrected chi connectivity index (χ0v) is 21.1. The molecule has 3 aromatic carbocycles. The number of amides is 1. The molecule has 10 heteroatoms. The van der Waals surface area contributed by atoms with Crippen LogP contribution in [0.15, 0.2) is 80.8 Å². The number of rotatable bonds is 10. The molecular formula is C28H29N3O7. The molecule has 3 N–H and O–H groups in total. The highest BCUT2D eigenvalue weighted by atomic mass is 16.5. The maximum Gasteiger partial charge on any atom is 0.440 e. The first-order valence-corrected chi connectivity index (χ1v) is 12.0. The minimum atomic E-state index is -0.980.